The average molecular weight is 331 g/mol. The van der Waals surface area contributed by atoms with E-state index in [1.54, 1.807) is 6.08 Å². The Kier molecular flexibility index (Phi) is 5.98. The number of rotatable bonds is 7. The molecule has 1 heterocycles. The highest BCUT2D eigenvalue weighted by molar-refractivity contribution is 8.04. The van der Waals surface area contributed by atoms with Gasteiger partial charge in [-0.25, -0.2) is 9.78 Å². The normalized spacial score (nSPS) is 11.9. The molecule has 0 saturated carbocycles. The minimum atomic E-state index is -0.982. The molecule has 0 aliphatic heterocycles. The van der Waals surface area contributed by atoms with Crippen LogP contribution in [0.15, 0.2) is 34.3 Å². The molecule has 2 aromatic rings. The SMILES string of the molecule is CCCc1nc(S/C(=C/c2ccc(C(C)C)cc2)C(=O)O)n[nH]1. The van der Waals surface area contributed by atoms with Gasteiger partial charge < -0.3 is 5.11 Å². The molecule has 6 heteroatoms. The highest BCUT2D eigenvalue weighted by atomic mass is 32.2. The maximum absolute atomic E-state index is 11.5. The molecule has 0 radical (unpaired) electrons. The Balaban J connectivity index is 2.18. The quantitative estimate of drug-likeness (QED) is 0.590. The van der Waals surface area contributed by atoms with Gasteiger partial charge in [0.1, 0.15) is 10.7 Å². The first-order valence-corrected chi connectivity index (χ1v) is 8.45. The number of aryl methyl sites for hydroxylation is 1. The third-order valence-corrected chi connectivity index (χ3v) is 4.19. The van der Waals surface area contributed by atoms with Crippen LogP contribution >= 0.6 is 11.8 Å². The Labute approximate surface area is 140 Å². The summed E-state index contributed by atoms with van der Waals surface area (Å²) < 4.78 is 0. The van der Waals surface area contributed by atoms with E-state index >= 15 is 0 Å². The summed E-state index contributed by atoms with van der Waals surface area (Å²) in [6.07, 6.45) is 3.41. The molecular weight excluding hydrogens is 310 g/mol. The van der Waals surface area contributed by atoms with E-state index in [0.717, 1.165) is 36.0 Å². The summed E-state index contributed by atoms with van der Waals surface area (Å²) in [4.78, 5) is 16.0. The van der Waals surface area contributed by atoms with Crippen molar-refractivity contribution >= 4 is 23.8 Å². The van der Waals surface area contributed by atoms with Crippen LogP contribution in [-0.2, 0) is 11.2 Å². The Morgan fingerprint density at radius 1 is 1.35 bits per heavy atom. The van der Waals surface area contributed by atoms with Crippen LogP contribution in [0, 0.1) is 0 Å². The molecule has 0 saturated heterocycles. The molecule has 1 aromatic carbocycles. The largest absolute Gasteiger partial charge is 0.477 e. The second kappa shape index (κ2) is 7.97. The number of thioether (sulfide) groups is 1. The summed E-state index contributed by atoms with van der Waals surface area (Å²) in [5.74, 6) is 0.248. The number of carboxylic acids is 1. The van der Waals surface area contributed by atoms with Gasteiger partial charge in [-0.2, -0.15) is 0 Å². The molecule has 5 nitrogen and oxygen atoms in total. The lowest BCUT2D eigenvalue weighted by molar-refractivity contribution is -0.131. The molecule has 0 aliphatic rings. The predicted molar refractivity (Wildman–Crippen MR) is 92.4 cm³/mol. The first kappa shape index (κ1) is 17.3. The number of carbonyl (C=O) groups is 1. The van der Waals surface area contributed by atoms with Gasteiger partial charge in [0.25, 0.3) is 0 Å². The van der Waals surface area contributed by atoms with Crippen molar-refractivity contribution < 1.29 is 9.90 Å². The zero-order valence-electron chi connectivity index (χ0n) is 13.5. The molecule has 0 aliphatic carbocycles. The van der Waals surface area contributed by atoms with Gasteiger partial charge in [-0.3, -0.25) is 5.10 Å². The predicted octanol–water partition coefficient (Wildman–Crippen LogP) is 4.10. The van der Waals surface area contributed by atoms with Crippen LogP contribution in [0.2, 0.25) is 0 Å². The molecule has 0 spiro atoms. The van der Waals surface area contributed by atoms with E-state index in [9.17, 15) is 9.90 Å². The first-order valence-electron chi connectivity index (χ1n) is 7.63. The topological polar surface area (TPSA) is 78.9 Å². The lowest BCUT2D eigenvalue weighted by atomic mass is 10.0. The van der Waals surface area contributed by atoms with Crippen LogP contribution in [0.3, 0.4) is 0 Å². The summed E-state index contributed by atoms with van der Waals surface area (Å²) in [7, 11) is 0. The number of aliphatic carboxylic acids is 1. The van der Waals surface area contributed by atoms with Crippen molar-refractivity contribution in [1.82, 2.24) is 15.2 Å². The molecule has 0 atom stereocenters. The number of nitrogens with one attached hydrogen (secondary N) is 1. The monoisotopic (exact) mass is 331 g/mol. The first-order chi connectivity index (χ1) is 11.0. The molecule has 1 aromatic heterocycles. The number of aromatic nitrogens is 3. The van der Waals surface area contributed by atoms with Gasteiger partial charge >= 0.3 is 5.97 Å². The fourth-order valence-corrected chi connectivity index (χ4v) is 2.76. The van der Waals surface area contributed by atoms with Gasteiger partial charge in [-0.05, 0) is 41.3 Å². The molecular formula is C17H21N3O2S. The van der Waals surface area contributed by atoms with Gasteiger partial charge in [0.2, 0.25) is 5.16 Å². The van der Waals surface area contributed by atoms with Crippen molar-refractivity contribution in [2.45, 2.75) is 44.7 Å². The third-order valence-electron chi connectivity index (χ3n) is 3.31. The minimum absolute atomic E-state index is 0.198. The van der Waals surface area contributed by atoms with Gasteiger partial charge in [0, 0.05) is 6.42 Å². The number of hydrogen-bond acceptors (Lipinski definition) is 4. The number of nitrogens with zero attached hydrogens (tertiary/aromatic N) is 2. The van der Waals surface area contributed by atoms with Gasteiger partial charge in [0.05, 0.1) is 0 Å². The number of carboxylic acid groups (broad SMARTS) is 1. The zero-order valence-corrected chi connectivity index (χ0v) is 14.4. The van der Waals surface area contributed by atoms with Crippen molar-refractivity contribution in [1.29, 1.82) is 0 Å². The maximum Gasteiger partial charge on any atom is 0.342 e. The van der Waals surface area contributed by atoms with Crippen molar-refractivity contribution in [2.75, 3.05) is 0 Å². The van der Waals surface area contributed by atoms with Gasteiger partial charge in [0.15, 0.2) is 0 Å². The number of benzene rings is 1. The average Bonchev–Trinajstić information content (AvgIpc) is 2.95. The second-order valence-corrected chi connectivity index (χ2v) is 6.56. The highest BCUT2D eigenvalue weighted by Gasteiger charge is 2.13. The summed E-state index contributed by atoms with van der Waals surface area (Å²) in [5, 5.41) is 16.7. The van der Waals surface area contributed by atoms with Crippen LogP contribution < -0.4 is 0 Å². The molecule has 2 N–H and O–H groups in total. The van der Waals surface area contributed by atoms with Crippen molar-refractivity contribution in [3.8, 4) is 0 Å². The fourth-order valence-electron chi connectivity index (χ4n) is 2.03. The van der Waals surface area contributed by atoms with Crippen molar-refractivity contribution in [3.05, 3.63) is 46.1 Å². The summed E-state index contributed by atoms with van der Waals surface area (Å²) >= 11 is 1.06. The van der Waals surface area contributed by atoms with Crippen LogP contribution in [0.1, 0.15) is 50.1 Å². The number of hydrogen-bond donors (Lipinski definition) is 2. The molecule has 23 heavy (non-hydrogen) atoms. The summed E-state index contributed by atoms with van der Waals surface area (Å²) in [5.41, 5.74) is 2.08. The van der Waals surface area contributed by atoms with E-state index < -0.39 is 5.97 Å². The second-order valence-electron chi connectivity index (χ2n) is 5.55. The third kappa shape index (κ3) is 4.96. The van der Waals surface area contributed by atoms with Crippen LogP contribution in [-0.4, -0.2) is 26.3 Å². The molecule has 0 fully saturated rings. The molecule has 122 valence electrons. The van der Waals surface area contributed by atoms with Crippen LogP contribution in [0.25, 0.3) is 6.08 Å². The summed E-state index contributed by atoms with van der Waals surface area (Å²) in [6.45, 7) is 6.31. The van der Waals surface area contributed by atoms with E-state index in [1.807, 2.05) is 24.3 Å². The van der Waals surface area contributed by atoms with E-state index in [0.29, 0.717) is 11.1 Å². The van der Waals surface area contributed by atoms with E-state index in [2.05, 4.69) is 36.0 Å². The standard InChI is InChI=1S/C17H21N3O2S/c1-4-5-15-18-17(20-19-15)23-14(16(21)22)10-12-6-8-13(9-7-12)11(2)3/h6-11H,4-5H2,1-3H3,(H,21,22)(H,18,19,20)/b14-10+. The van der Waals surface area contributed by atoms with Crippen LogP contribution in [0.4, 0.5) is 0 Å². The van der Waals surface area contributed by atoms with E-state index in [4.69, 9.17) is 0 Å². The van der Waals surface area contributed by atoms with Gasteiger partial charge in [-0.15, -0.1) is 5.10 Å². The van der Waals surface area contributed by atoms with Crippen molar-refractivity contribution in [3.63, 3.8) is 0 Å². The Morgan fingerprint density at radius 3 is 2.61 bits per heavy atom. The Hall–Kier alpha value is -2.08. The smallest absolute Gasteiger partial charge is 0.342 e. The highest BCUT2D eigenvalue weighted by Crippen LogP contribution is 2.26. The molecule has 2 rings (SSSR count). The lowest BCUT2D eigenvalue weighted by Crippen LogP contribution is -1.97. The van der Waals surface area contributed by atoms with Crippen molar-refractivity contribution in [2.24, 2.45) is 0 Å². The molecule has 0 unspecified atom stereocenters. The van der Waals surface area contributed by atoms with E-state index in [1.165, 1.54) is 5.56 Å². The van der Waals surface area contributed by atoms with E-state index in [-0.39, 0.29) is 4.91 Å². The zero-order chi connectivity index (χ0) is 16.8. The Bertz CT molecular complexity index is 690. The number of H-pyrrole nitrogens is 1. The maximum atomic E-state index is 11.5. The fraction of sp³-hybridized carbons (Fsp3) is 0.353. The Morgan fingerprint density at radius 2 is 2.04 bits per heavy atom. The molecule has 0 amide bonds. The van der Waals surface area contributed by atoms with Crippen LogP contribution in [0.5, 0.6) is 0 Å². The molecule has 0 bridgehead atoms. The number of aromatic amines is 1. The minimum Gasteiger partial charge on any atom is -0.477 e. The summed E-state index contributed by atoms with van der Waals surface area (Å²) in [6, 6.07) is 7.90. The lowest BCUT2D eigenvalue weighted by Gasteiger charge is -2.05. The van der Waals surface area contributed by atoms with Gasteiger partial charge in [-0.1, -0.05) is 45.0 Å².